The molecular weight excluding hydrogens is 246 g/mol. The van der Waals surface area contributed by atoms with Gasteiger partial charge in [-0.25, -0.2) is 4.79 Å². The van der Waals surface area contributed by atoms with Crippen LogP contribution >= 0.6 is 0 Å². The Morgan fingerprint density at radius 1 is 1.37 bits per heavy atom. The number of furan rings is 1. The maximum atomic E-state index is 11.2. The van der Waals surface area contributed by atoms with Gasteiger partial charge in [0.05, 0.1) is 19.8 Å². The Labute approximate surface area is 114 Å². The number of rotatable bonds is 9. The van der Waals surface area contributed by atoms with Crippen molar-refractivity contribution in [3.8, 4) is 0 Å². The lowest BCUT2D eigenvalue weighted by atomic mass is 10.3. The Bertz CT molecular complexity index is 373. The molecular formula is C14H23NO4. The van der Waals surface area contributed by atoms with Crippen molar-refractivity contribution in [3.05, 3.63) is 23.7 Å². The second kappa shape index (κ2) is 8.72. The maximum Gasteiger partial charge on any atom is 0.373 e. The third-order valence-corrected chi connectivity index (χ3v) is 2.55. The average molecular weight is 269 g/mol. The topological polar surface area (TPSA) is 60.7 Å². The van der Waals surface area contributed by atoms with Gasteiger partial charge in [0, 0.05) is 6.61 Å². The van der Waals surface area contributed by atoms with Crippen molar-refractivity contribution in [2.24, 2.45) is 0 Å². The van der Waals surface area contributed by atoms with Gasteiger partial charge in [0.15, 0.2) is 0 Å². The first kappa shape index (κ1) is 15.7. The van der Waals surface area contributed by atoms with Gasteiger partial charge >= 0.3 is 5.97 Å². The van der Waals surface area contributed by atoms with Gasteiger partial charge in [0.2, 0.25) is 5.76 Å². The summed E-state index contributed by atoms with van der Waals surface area (Å²) in [6.45, 7) is 6.38. The zero-order valence-electron chi connectivity index (χ0n) is 11.9. The highest BCUT2D eigenvalue weighted by Crippen LogP contribution is 2.08. The predicted molar refractivity (Wildman–Crippen MR) is 72.1 cm³/mol. The number of carbonyl (C=O) groups excluding carboxylic acids is 1. The van der Waals surface area contributed by atoms with Crippen LogP contribution in [0.15, 0.2) is 16.5 Å². The highest BCUT2D eigenvalue weighted by molar-refractivity contribution is 5.86. The number of esters is 1. The molecule has 19 heavy (non-hydrogen) atoms. The van der Waals surface area contributed by atoms with Crippen molar-refractivity contribution in [2.45, 2.75) is 39.3 Å². The lowest BCUT2D eigenvalue weighted by Crippen LogP contribution is -2.15. The smallest absolute Gasteiger partial charge is 0.373 e. The van der Waals surface area contributed by atoms with Gasteiger partial charge < -0.3 is 19.2 Å². The number of carbonyl (C=O) groups is 1. The lowest BCUT2D eigenvalue weighted by molar-refractivity contribution is 0.0562. The summed E-state index contributed by atoms with van der Waals surface area (Å²) in [6, 6.07) is 3.40. The Balaban J connectivity index is 2.09. The largest absolute Gasteiger partial charge is 0.463 e. The van der Waals surface area contributed by atoms with Crippen LogP contribution in [-0.4, -0.2) is 32.3 Å². The number of nitrogens with one attached hydrogen (secondary N) is 1. The molecule has 0 spiro atoms. The van der Waals surface area contributed by atoms with Crippen molar-refractivity contribution < 1.29 is 18.7 Å². The summed E-state index contributed by atoms with van der Waals surface area (Å²) in [4.78, 5) is 11.2. The monoisotopic (exact) mass is 269 g/mol. The fourth-order valence-corrected chi connectivity index (χ4v) is 1.57. The molecule has 5 heteroatoms. The predicted octanol–water partition coefficient (Wildman–Crippen LogP) is 2.36. The molecule has 0 bridgehead atoms. The molecule has 1 rings (SSSR count). The number of methoxy groups -OCH3 is 1. The van der Waals surface area contributed by atoms with Gasteiger partial charge in [-0.3, -0.25) is 0 Å². The summed E-state index contributed by atoms with van der Waals surface area (Å²) in [5, 5.41) is 3.26. The molecule has 5 nitrogen and oxygen atoms in total. The van der Waals surface area contributed by atoms with E-state index in [1.807, 2.05) is 13.8 Å². The molecule has 0 aliphatic rings. The van der Waals surface area contributed by atoms with Crippen LogP contribution in [0.2, 0.25) is 0 Å². The Morgan fingerprint density at radius 2 is 2.16 bits per heavy atom. The molecule has 0 atom stereocenters. The Hall–Kier alpha value is -1.33. The first-order chi connectivity index (χ1) is 9.13. The Kier molecular flexibility index (Phi) is 7.22. The minimum absolute atomic E-state index is 0.240. The van der Waals surface area contributed by atoms with Gasteiger partial charge in [0.1, 0.15) is 5.76 Å². The molecule has 0 aromatic carbocycles. The molecule has 1 aromatic rings. The Morgan fingerprint density at radius 3 is 2.84 bits per heavy atom. The van der Waals surface area contributed by atoms with E-state index in [-0.39, 0.29) is 5.76 Å². The van der Waals surface area contributed by atoms with E-state index < -0.39 is 5.97 Å². The van der Waals surface area contributed by atoms with Gasteiger partial charge in [-0.15, -0.1) is 0 Å². The summed E-state index contributed by atoms with van der Waals surface area (Å²) in [5.41, 5.74) is 0. The fraction of sp³-hybridized carbons (Fsp3) is 0.643. The third kappa shape index (κ3) is 6.40. The molecule has 0 unspecified atom stereocenters. The van der Waals surface area contributed by atoms with Crippen LogP contribution in [-0.2, 0) is 16.0 Å². The van der Waals surface area contributed by atoms with Crippen LogP contribution in [0.1, 0.15) is 43.0 Å². The minimum atomic E-state index is -0.447. The molecule has 0 fully saturated rings. The highest BCUT2D eigenvalue weighted by atomic mass is 16.5. The molecule has 0 radical (unpaired) electrons. The van der Waals surface area contributed by atoms with E-state index in [1.165, 1.54) is 7.11 Å². The van der Waals surface area contributed by atoms with E-state index >= 15 is 0 Å². The van der Waals surface area contributed by atoms with E-state index in [0.29, 0.717) is 12.6 Å². The molecule has 108 valence electrons. The summed E-state index contributed by atoms with van der Waals surface area (Å²) in [5.74, 6) is 0.528. The fourth-order valence-electron chi connectivity index (χ4n) is 1.57. The zero-order valence-corrected chi connectivity index (χ0v) is 11.9. The summed E-state index contributed by atoms with van der Waals surface area (Å²) in [7, 11) is 1.34. The molecule has 1 heterocycles. The highest BCUT2D eigenvalue weighted by Gasteiger charge is 2.10. The number of ether oxygens (including phenoxy) is 2. The van der Waals surface area contributed by atoms with E-state index in [4.69, 9.17) is 9.15 Å². The average Bonchev–Trinajstić information content (AvgIpc) is 2.85. The molecule has 1 aromatic heterocycles. The van der Waals surface area contributed by atoms with Gasteiger partial charge in [-0.2, -0.15) is 0 Å². The van der Waals surface area contributed by atoms with Gasteiger partial charge in [-0.1, -0.05) is 0 Å². The van der Waals surface area contributed by atoms with E-state index in [1.54, 1.807) is 12.1 Å². The second-order valence-corrected chi connectivity index (χ2v) is 4.56. The van der Waals surface area contributed by atoms with E-state index in [2.05, 4.69) is 10.1 Å². The SMILES string of the molecule is COC(=O)c1ccc(CNCCCCOC(C)C)o1. The number of unbranched alkanes of at least 4 members (excludes halogenated alkanes) is 1. The minimum Gasteiger partial charge on any atom is -0.463 e. The van der Waals surface area contributed by atoms with Gasteiger partial charge in [0.25, 0.3) is 0 Å². The van der Waals surface area contributed by atoms with Crippen molar-refractivity contribution in [2.75, 3.05) is 20.3 Å². The zero-order chi connectivity index (χ0) is 14.1. The molecule has 0 saturated heterocycles. The van der Waals surface area contributed by atoms with Crippen LogP contribution in [0, 0.1) is 0 Å². The van der Waals surface area contributed by atoms with Crippen LogP contribution < -0.4 is 5.32 Å². The van der Waals surface area contributed by atoms with E-state index in [0.717, 1.165) is 31.8 Å². The van der Waals surface area contributed by atoms with Crippen LogP contribution in [0.5, 0.6) is 0 Å². The second-order valence-electron chi connectivity index (χ2n) is 4.56. The standard InChI is InChI=1S/C14H23NO4/c1-11(2)18-9-5-4-8-15-10-12-6-7-13(19-12)14(16)17-3/h6-7,11,15H,4-5,8-10H2,1-3H3. The van der Waals surface area contributed by atoms with Crippen molar-refractivity contribution in [1.82, 2.24) is 5.32 Å². The van der Waals surface area contributed by atoms with Crippen LogP contribution in [0.3, 0.4) is 0 Å². The van der Waals surface area contributed by atoms with Crippen LogP contribution in [0.25, 0.3) is 0 Å². The molecule has 1 N–H and O–H groups in total. The van der Waals surface area contributed by atoms with Crippen molar-refractivity contribution in [1.29, 1.82) is 0 Å². The summed E-state index contributed by atoms with van der Waals surface area (Å²) >= 11 is 0. The summed E-state index contributed by atoms with van der Waals surface area (Å²) < 4.78 is 15.4. The quantitative estimate of drug-likeness (QED) is 0.551. The van der Waals surface area contributed by atoms with E-state index in [9.17, 15) is 4.79 Å². The normalized spacial score (nSPS) is 10.9. The van der Waals surface area contributed by atoms with Crippen LogP contribution in [0.4, 0.5) is 0 Å². The first-order valence-corrected chi connectivity index (χ1v) is 6.63. The van der Waals surface area contributed by atoms with Crippen molar-refractivity contribution in [3.63, 3.8) is 0 Å². The summed E-state index contributed by atoms with van der Waals surface area (Å²) in [6.07, 6.45) is 2.39. The third-order valence-electron chi connectivity index (χ3n) is 2.55. The molecule has 0 amide bonds. The molecule has 0 saturated carbocycles. The van der Waals surface area contributed by atoms with Gasteiger partial charge in [-0.05, 0) is 45.4 Å². The lowest BCUT2D eigenvalue weighted by Gasteiger charge is -2.07. The molecule has 0 aliphatic heterocycles. The number of hydrogen-bond donors (Lipinski definition) is 1. The van der Waals surface area contributed by atoms with Crippen molar-refractivity contribution >= 4 is 5.97 Å². The first-order valence-electron chi connectivity index (χ1n) is 6.63. The number of hydrogen-bond acceptors (Lipinski definition) is 5. The molecule has 0 aliphatic carbocycles. The maximum absolute atomic E-state index is 11.2.